The lowest BCUT2D eigenvalue weighted by atomic mass is 10.0. The number of carbonyl (C=O) groups excluding carboxylic acids is 2. The molecule has 0 unspecified atom stereocenters. The zero-order valence-electron chi connectivity index (χ0n) is 25.2. The maximum atomic E-state index is 14.5. The van der Waals surface area contributed by atoms with Crippen LogP contribution in [0.25, 0.3) is 0 Å². The van der Waals surface area contributed by atoms with E-state index in [1.54, 1.807) is 42.5 Å². The number of sulfonamides is 1. The van der Waals surface area contributed by atoms with Crippen molar-refractivity contribution < 1.29 is 18.0 Å². The zero-order valence-corrected chi connectivity index (χ0v) is 27.6. The lowest BCUT2D eigenvalue weighted by Crippen LogP contribution is -2.54. The van der Waals surface area contributed by atoms with Gasteiger partial charge in [-0.2, -0.15) is 0 Å². The Morgan fingerprint density at radius 2 is 1.48 bits per heavy atom. The van der Waals surface area contributed by atoms with Crippen molar-refractivity contribution in [3.63, 3.8) is 0 Å². The van der Waals surface area contributed by atoms with Crippen LogP contribution in [-0.2, 0) is 32.6 Å². The minimum Gasteiger partial charge on any atom is -0.352 e. The van der Waals surface area contributed by atoms with Crippen molar-refractivity contribution in [3.05, 3.63) is 130 Å². The average Bonchev–Trinajstić information content (AvgIpc) is 3.02. The summed E-state index contributed by atoms with van der Waals surface area (Å²) in [6.07, 6.45) is 0.991. The molecule has 0 fully saturated rings. The Kier molecular flexibility index (Phi) is 11.4. The lowest BCUT2D eigenvalue weighted by Gasteiger charge is -2.34. The van der Waals surface area contributed by atoms with E-state index in [9.17, 15) is 18.0 Å². The van der Waals surface area contributed by atoms with Gasteiger partial charge in [-0.15, -0.1) is 0 Å². The topological polar surface area (TPSA) is 86.8 Å². The molecule has 2 atom stereocenters. The van der Waals surface area contributed by atoms with Crippen molar-refractivity contribution in [2.45, 2.75) is 57.1 Å². The summed E-state index contributed by atoms with van der Waals surface area (Å²) in [5.74, 6) is -0.782. The highest BCUT2D eigenvalue weighted by atomic mass is 79.9. The maximum absolute atomic E-state index is 14.5. The molecule has 4 rings (SSSR count). The van der Waals surface area contributed by atoms with E-state index < -0.39 is 28.5 Å². The van der Waals surface area contributed by atoms with Crippen LogP contribution in [0.2, 0.25) is 0 Å². The highest BCUT2D eigenvalue weighted by Gasteiger charge is 2.35. The smallest absolute Gasteiger partial charge is 0.264 e. The number of nitrogens with one attached hydrogen (secondary N) is 1. The minimum absolute atomic E-state index is 0.0633. The number of anilines is 1. The van der Waals surface area contributed by atoms with Crippen molar-refractivity contribution in [1.82, 2.24) is 10.2 Å². The van der Waals surface area contributed by atoms with Crippen molar-refractivity contribution >= 4 is 43.5 Å². The molecule has 0 saturated carbocycles. The fourth-order valence-electron chi connectivity index (χ4n) is 4.88. The van der Waals surface area contributed by atoms with Crippen molar-refractivity contribution in [2.75, 3.05) is 10.8 Å². The summed E-state index contributed by atoms with van der Waals surface area (Å²) in [7, 11) is -4.14. The standard InChI is InChI=1S/C35H38BrN3O4S/c1-4-27(3)37-35(41)33(22-28-14-7-5-8-15-28)38(24-29-16-11-13-26(2)21-29)34(40)25-39(31-18-12-17-30(36)23-31)44(42,43)32-19-9-6-10-20-32/h5-21,23,27,33H,4,22,24-25H2,1-3H3,(H,37,41)/t27-,33+/m0/s1. The second-order valence-corrected chi connectivity index (χ2v) is 13.6. The van der Waals surface area contributed by atoms with Crippen LogP contribution in [0.1, 0.15) is 37.0 Å². The van der Waals surface area contributed by atoms with Crippen molar-refractivity contribution in [3.8, 4) is 0 Å². The Bertz CT molecular complexity index is 1670. The summed E-state index contributed by atoms with van der Waals surface area (Å²) < 4.78 is 29.9. The number of amides is 2. The summed E-state index contributed by atoms with van der Waals surface area (Å²) in [6, 6.07) is 31.2. The highest BCUT2D eigenvalue weighted by molar-refractivity contribution is 9.10. The van der Waals surface area contributed by atoms with Crippen molar-refractivity contribution in [2.24, 2.45) is 0 Å². The van der Waals surface area contributed by atoms with Gasteiger partial charge in [-0.1, -0.05) is 107 Å². The van der Waals surface area contributed by atoms with E-state index in [0.717, 1.165) is 27.4 Å². The molecule has 0 aliphatic carbocycles. The van der Waals surface area contributed by atoms with Gasteiger partial charge in [-0.25, -0.2) is 8.42 Å². The summed E-state index contributed by atoms with van der Waals surface area (Å²) in [6.45, 7) is 5.50. The summed E-state index contributed by atoms with van der Waals surface area (Å²) in [5, 5.41) is 3.06. The van der Waals surface area contributed by atoms with E-state index in [1.807, 2.05) is 75.4 Å². The Morgan fingerprint density at radius 1 is 0.841 bits per heavy atom. The molecule has 2 amide bonds. The lowest BCUT2D eigenvalue weighted by molar-refractivity contribution is -0.140. The van der Waals surface area contributed by atoms with Crippen LogP contribution in [0, 0.1) is 6.92 Å². The molecule has 0 aromatic heterocycles. The summed E-state index contributed by atoms with van der Waals surface area (Å²) >= 11 is 3.44. The Labute approximate surface area is 269 Å². The zero-order chi connectivity index (χ0) is 31.7. The molecule has 0 bridgehead atoms. The first-order valence-corrected chi connectivity index (χ1v) is 16.8. The SMILES string of the molecule is CC[C@H](C)NC(=O)[C@@H](Cc1ccccc1)N(Cc1cccc(C)c1)C(=O)CN(c1cccc(Br)c1)S(=O)(=O)c1ccccc1. The van der Waals surface area contributed by atoms with Gasteiger partial charge in [0.25, 0.3) is 10.0 Å². The van der Waals surface area contributed by atoms with Crippen LogP contribution in [0.4, 0.5) is 5.69 Å². The third-order valence-electron chi connectivity index (χ3n) is 7.41. The van der Waals surface area contributed by atoms with E-state index in [1.165, 1.54) is 17.0 Å². The van der Waals surface area contributed by atoms with E-state index in [2.05, 4.69) is 21.2 Å². The molecule has 0 spiro atoms. The van der Waals surface area contributed by atoms with Gasteiger partial charge in [-0.05, 0) is 61.7 Å². The average molecular weight is 677 g/mol. The molecule has 0 aliphatic rings. The fraction of sp³-hybridized carbons (Fsp3) is 0.257. The monoisotopic (exact) mass is 675 g/mol. The molecule has 0 radical (unpaired) electrons. The van der Waals surface area contributed by atoms with Gasteiger partial charge in [0.15, 0.2) is 0 Å². The van der Waals surface area contributed by atoms with Gasteiger partial charge in [-0.3, -0.25) is 13.9 Å². The van der Waals surface area contributed by atoms with Gasteiger partial charge >= 0.3 is 0 Å². The summed E-state index contributed by atoms with van der Waals surface area (Å²) in [5.41, 5.74) is 3.07. The van der Waals surface area contributed by atoms with Gasteiger partial charge in [0.05, 0.1) is 10.6 Å². The van der Waals surface area contributed by atoms with Crippen LogP contribution in [0.15, 0.2) is 119 Å². The molecule has 230 valence electrons. The second-order valence-electron chi connectivity index (χ2n) is 10.8. The fourth-order valence-corrected chi connectivity index (χ4v) is 6.70. The maximum Gasteiger partial charge on any atom is 0.264 e. The molecular formula is C35H38BrN3O4S. The van der Waals surface area contributed by atoms with Crippen LogP contribution in [-0.4, -0.2) is 43.8 Å². The van der Waals surface area contributed by atoms with E-state index in [-0.39, 0.29) is 29.8 Å². The third-order valence-corrected chi connectivity index (χ3v) is 9.70. The van der Waals surface area contributed by atoms with E-state index in [0.29, 0.717) is 10.2 Å². The number of rotatable bonds is 13. The van der Waals surface area contributed by atoms with Crippen molar-refractivity contribution in [1.29, 1.82) is 0 Å². The molecular weight excluding hydrogens is 638 g/mol. The molecule has 9 heteroatoms. The van der Waals surface area contributed by atoms with Crippen LogP contribution in [0.5, 0.6) is 0 Å². The number of hydrogen-bond donors (Lipinski definition) is 1. The largest absolute Gasteiger partial charge is 0.352 e. The number of hydrogen-bond acceptors (Lipinski definition) is 4. The van der Waals surface area contributed by atoms with Gasteiger partial charge < -0.3 is 10.2 Å². The molecule has 7 nitrogen and oxygen atoms in total. The number of carbonyl (C=O) groups is 2. The number of nitrogens with zero attached hydrogens (tertiary/aromatic N) is 2. The first-order chi connectivity index (χ1) is 21.1. The van der Waals surface area contributed by atoms with Crippen LogP contribution >= 0.6 is 15.9 Å². The Balaban J connectivity index is 1.80. The minimum atomic E-state index is -4.14. The molecule has 0 aliphatic heterocycles. The first kappa shape index (κ1) is 33.0. The molecule has 4 aromatic rings. The molecule has 0 saturated heterocycles. The number of halogens is 1. The van der Waals surface area contributed by atoms with E-state index >= 15 is 0 Å². The predicted molar refractivity (Wildman–Crippen MR) is 179 cm³/mol. The first-order valence-electron chi connectivity index (χ1n) is 14.6. The second kappa shape index (κ2) is 15.2. The number of aryl methyl sites for hydroxylation is 1. The molecule has 4 aromatic carbocycles. The molecule has 0 heterocycles. The Morgan fingerprint density at radius 3 is 2.11 bits per heavy atom. The molecule has 44 heavy (non-hydrogen) atoms. The van der Waals surface area contributed by atoms with E-state index in [4.69, 9.17) is 0 Å². The predicted octanol–water partition coefficient (Wildman–Crippen LogP) is 6.51. The molecule has 1 N–H and O–H groups in total. The Hall–Kier alpha value is -3.95. The normalized spacial score (nSPS) is 12.6. The van der Waals surface area contributed by atoms with Crippen LogP contribution in [0.3, 0.4) is 0 Å². The number of benzene rings is 4. The van der Waals surface area contributed by atoms with Gasteiger partial charge in [0.2, 0.25) is 11.8 Å². The third kappa shape index (κ3) is 8.57. The van der Waals surface area contributed by atoms with Gasteiger partial charge in [0.1, 0.15) is 12.6 Å². The highest BCUT2D eigenvalue weighted by Crippen LogP contribution is 2.27. The summed E-state index contributed by atoms with van der Waals surface area (Å²) in [4.78, 5) is 30.0. The van der Waals surface area contributed by atoms with Crippen LogP contribution < -0.4 is 9.62 Å². The quantitative estimate of drug-likeness (QED) is 0.175. The van der Waals surface area contributed by atoms with Gasteiger partial charge in [0, 0.05) is 23.5 Å².